The number of aromatic nitrogens is 1. The highest BCUT2D eigenvalue weighted by Gasteiger charge is 2.14. The number of nitrogens with zero attached hydrogens (tertiary/aromatic N) is 1. The third-order valence-electron chi connectivity index (χ3n) is 3.70. The summed E-state index contributed by atoms with van der Waals surface area (Å²) < 4.78 is 1.13. The fourth-order valence-electron chi connectivity index (χ4n) is 2.72. The van der Waals surface area contributed by atoms with Crippen LogP contribution in [-0.2, 0) is 0 Å². The molecular weight excluding hydrogens is 288 g/mol. The van der Waals surface area contributed by atoms with Gasteiger partial charge in [-0.05, 0) is 25.0 Å². The molecule has 94 valence electrons. The number of fused-ring (bicyclic) bond motifs is 1. The summed E-state index contributed by atoms with van der Waals surface area (Å²) in [6, 6.07) is 8.94. The van der Waals surface area contributed by atoms with E-state index in [2.05, 4.69) is 50.5 Å². The second-order valence-electron chi connectivity index (χ2n) is 4.97. The highest BCUT2D eigenvalue weighted by atomic mass is 79.9. The van der Waals surface area contributed by atoms with Gasteiger partial charge in [0.2, 0.25) is 0 Å². The summed E-state index contributed by atoms with van der Waals surface area (Å²) in [5, 5.41) is 6.05. The molecule has 3 rings (SSSR count). The van der Waals surface area contributed by atoms with E-state index in [0.717, 1.165) is 10.3 Å². The predicted molar refractivity (Wildman–Crippen MR) is 79.9 cm³/mol. The van der Waals surface area contributed by atoms with Crippen LogP contribution in [0.5, 0.6) is 0 Å². The molecule has 1 heterocycles. The Bertz CT molecular complexity index is 547. The summed E-state index contributed by atoms with van der Waals surface area (Å²) in [6.07, 6.45) is 8.49. The van der Waals surface area contributed by atoms with Gasteiger partial charge in [-0.3, -0.25) is 0 Å². The van der Waals surface area contributed by atoms with E-state index in [1.807, 2.05) is 6.20 Å². The van der Waals surface area contributed by atoms with Crippen molar-refractivity contribution in [3.05, 3.63) is 34.9 Å². The first-order valence-electron chi connectivity index (χ1n) is 6.64. The molecule has 0 amide bonds. The van der Waals surface area contributed by atoms with E-state index in [-0.39, 0.29) is 0 Å². The van der Waals surface area contributed by atoms with Gasteiger partial charge >= 0.3 is 0 Å². The number of halogens is 1. The average Bonchev–Trinajstić information content (AvgIpc) is 2.41. The molecule has 1 aliphatic rings. The van der Waals surface area contributed by atoms with Gasteiger partial charge in [-0.2, -0.15) is 0 Å². The summed E-state index contributed by atoms with van der Waals surface area (Å²) in [7, 11) is 0. The maximum atomic E-state index is 4.51. The molecule has 2 aromatic rings. The molecular formula is C15H17BrN2. The van der Waals surface area contributed by atoms with Crippen molar-refractivity contribution in [2.45, 2.75) is 38.1 Å². The second-order valence-corrected chi connectivity index (χ2v) is 5.83. The molecule has 0 unspecified atom stereocenters. The molecule has 0 bridgehead atoms. The molecule has 0 atom stereocenters. The Balaban J connectivity index is 1.93. The highest BCUT2D eigenvalue weighted by Crippen LogP contribution is 2.29. The Labute approximate surface area is 116 Å². The van der Waals surface area contributed by atoms with Crippen molar-refractivity contribution in [3.8, 4) is 0 Å². The summed E-state index contributed by atoms with van der Waals surface area (Å²) in [6.45, 7) is 0. The molecule has 1 fully saturated rings. The minimum absolute atomic E-state index is 0.593. The Kier molecular flexibility index (Phi) is 3.50. The predicted octanol–water partition coefficient (Wildman–Crippen LogP) is 4.74. The Morgan fingerprint density at radius 1 is 1.06 bits per heavy atom. The van der Waals surface area contributed by atoms with Crippen molar-refractivity contribution < 1.29 is 0 Å². The normalized spacial score (nSPS) is 16.9. The molecule has 1 saturated carbocycles. The maximum absolute atomic E-state index is 4.51. The number of nitrogens with one attached hydrogen (secondary N) is 1. The Morgan fingerprint density at radius 2 is 1.89 bits per heavy atom. The summed E-state index contributed by atoms with van der Waals surface area (Å²) >= 11 is 3.60. The van der Waals surface area contributed by atoms with Gasteiger partial charge < -0.3 is 5.32 Å². The van der Waals surface area contributed by atoms with Crippen molar-refractivity contribution in [2.24, 2.45) is 0 Å². The van der Waals surface area contributed by atoms with E-state index < -0.39 is 0 Å². The average molecular weight is 305 g/mol. The minimum atomic E-state index is 0.593. The fraction of sp³-hybridized carbons (Fsp3) is 0.400. The number of anilines is 1. The van der Waals surface area contributed by atoms with Crippen molar-refractivity contribution in [3.63, 3.8) is 0 Å². The standard InChI is InChI=1S/C15H17BrN2/c16-14-8-4-7-13-12(14)9-10-17-15(13)18-11-5-2-1-3-6-11/h4,7-11H,1-3,5-6H2,(H,17,18). The van der Waals surface area contributed by atoms with Gasteiger partial charge in [0.25, 0.3) is 0 Å². The lowest BCUT2D eigenvalue weighted by Gasteiger charge is -2.24. The van der Waals surface area contributed by atoms with Crippen LogP contribution < -0.4 is 5.32 Å². The van der Waals surface area contributed by atoms with E-state index in [1.54, 1.807) is 0 Å². The Morgan fingerprint density at radius 3 is 2.72 bits per heavy atom. The fourth-order valence-corrected chi connectivity index (χ4v) is 3.22. The van der Waals surface area contributed by atoms with Crippen LogP contribution in [0.1, 0.15) is 32.1 Å². The van der Waals surface area contributed by atoms with Gasteiger partial charge in [0.1, 0.15) is 5.82 Å². The number of hydrogen-bond donors (Lipinski definition) is 1. The lowest BCUT2D eigenvalue weighted by Crippen LogP contribution is -2.22. The topological polar surface area (TPSA) is 24.9 Å². The molecule has 0 aliphatic heterocycles. The van der Waals surface area contributed by atoms with Crippen LogP contribution in [0.3, 0.4) is 0 Å². The van der Waals surface area contributed by atoms with Crippen molar-refractivity contribution in [1.29, 1.82) is 0 Å². The molecule has 1 aliphatic carbocycles. The van der Waals surface area contributed by atoms with Crippen LogP contribution in [0.25, 0.3) is 10.8 Å². The van der Waals surface area contributed by atoms with Gasteiger partial charge in [-0.1, -0.05) is 47.3 Å². The lowest BCUT2D eigenvalue weighted by molar-refractivity contribution is 0.462. The highest BCUT2D eigenvalue weighted by molar-refractivity contribution is 9.10. The zero-order chi connectivity index (χ0) is 12.4. The number of rotatable bonds is 2. The van der Waals surface area contributed by atoms with E-state index in [9.17, 15) is 0 Å². The third-order valence-corrected chi connectivity index (χ3v) is 4.39. The van der Waals surface area contributed by atoms with Crippen LogP contribution in [0.2, 0.25) is 0 Å². The smallest absolute Gasteiger partial charge is 0.134 e. The third kappa shape index (κ3) is 2.37. The quantitative estimate of drug-likeness (QED) is 0.866. The number of hydrogen-bond acceptors (Lipinski definition) is 2. The molecule has 1 N–H and O–H groups in total. The van der Waals surface area contributed by atoms with E-state index in [4.69, 9.17) is 0 Å². The van der Waals surface area contributed by atoms with Crippen LogP contribution in [0, 0.1) is 0 Å². The molecule has 1 aromatic carbocycles. The van der Waals surface area contributed by atoms with E-state index >= 15 is 0 Å². The Hall–Kier alpha value is -1.09. The van der Waals surface area contributed by atoms with Gasteiger partial charge in [0.05, 0.1) is 0 Å². The maximum Gasteiger partial charge on any atom is 0.134 e. The largest absolute Gasteiger partial charge is 0.367 e. The van der Waals surface area contributed by atoms with Crippen LogP contribution in [0.15, 0.2) is 34.9 Å². The monoisotopic (exact) mass is 304 g/mol. The molecule has 18 heavy (non-hydrogen) atoms. The zero-order valence-electron chi connectivity index (χ0n) is 10.3. The summed E-state index contributed by atoms with van der Waals surface area (Å²) in [5.41, 5.74) is 0. The second kappa shape index (κ2) is 5.27. The molecule has 0 radical (unpaired) electrons. The first-order chi connectivity index (χ1) is 8.84. The zero-order valence-corrected chi connectivity index (χ0v) is 11.9. The molecule has 3 heteroatoms. The summed E-state index contributed by atoms with van der Waals surface area (Å²) in [4.78, 5) is 4.51. The molecule has 0 saturated heterocycles. The van der Waals surface area contributed by atoms with E-state index in [0.29, 0.717) is 6.04 Å². The lowest BCUT2D eigenvalue weighted by atomic mass is 9.95. The molecule has 2 nitrogen and oxygen atoms in total. The first-order valence-corrected chi connectivity index (χ1v) is 7.43. The van der Waals surface area contributed by atoms with Gasteiger partial charge in [0.15, 0.2) is 0 Å². The van der Waals surface area contributed by atoms with Gasteiger partial charge in [-0.15, -0.1) is 0 Å². The number of benzene rings is 1. The minimum Gasteiger partial charge on any atom is -0.367 e. The first kappa shape index (κ1) is 12.0. The van der Waals surface area contributed by atoms with Crippen LogP contribution in [-0.4, -0.2) is 11.0 Å². The van der Waals surface area contributed by atoms with Crippen molar-refractivity contribution in [1.82, 2.24) is 4.98 Å². The van der Waals surface area contributed by atoms with Crippen molar-refractivity contribution >= 4 is 32.5 Å². The SMILES string of the molecule is Brc1cccc2c(NC3CCCCC3)nccc12. The van der Waals surface area contributed by atoms with Crippen molar-refractivity contribution in [2.75, 3.05) is 5.32 Å². The van der Waals surface area contributed by atoms with Gasteiger partial charge in [0, 0.05) is 27.5 Å². The van der Waals surface area contributed by atoms with Crippen LogP contribution in [0.4, 0.5) is 5.82 Å². The number of pyridine rings is 1. The van der Waals surface area contributed by atoms with Gasteiger partial charge in [-0.25, -0.2) is 4.98 Å². The van der Waals surface area contributed by atoms with Crippen LogP contribution >= 0.6 is 15.9 Å². The molecule has 0 spiro atoms. The summed E-state index contributed by atoms with van der Waals surface area (Å²) in [5.74, 6) is 1.03. The van der Waals surface area contributed by atoms with E-state index in [1.165, 1.54) is 42.9 Å². The molecule has 1 aromatic heterocycles.